The summed E-state index contributed by atoms with van der Waals surface area (Å²) < 4.78 is 18.6. The van der Waals surface area contributed by atoms with E-state index >= 15 is 0 Å². The van der Waals surface area contributed by atoms with Gasteiger partial charge in [-0.3, -0.25) is 9.69 Å². The second kappa shape index (κ2) is 10.4. The number of rotatable bonds is 10. The van der Waals surface area contributed by atoms with E-state index in [1.54, 1.807) is 18.1 Å². The van der Waals surface area contributed by atoms with Gasteiger partial charge in [-0.1, -0.05) is 6.92 Å². The van der Waals surface area contributed by atoms with Gasteiger partial charge >= 0.3 is 0 Å². The Morgan fingerprint density at radius 2 is 2.23 bits per heavy atom. The summed E-state index contributed by atoms with van der Waals surface area (Å²) in [4.78, 5) is 18.3. The van der Waals surface area contributed by atoms with Crippen LogP contribution in [-0.4, -0.2) is 56.5 Å². The maximum absolute atomic E-state index is 13.0. The number of ether oxygens (including phenoxy) is 2. The number of H-pyrrole nitrogens is 1. The summed E-state index contributed by atoms with van der Waals surface area (Å²) in [6.45, 7) is 4.43. The van der Waals surface area contributed by atoms with Crippen LogP contribution in [-0.2, 0) is 17.8 Å². The molecule has 0 unspecified atom stereocenters. The maximum atomic E-state index is 13.0. The first kappa shape index (κ1) is 23.3. The molecule has 5 rings (SSSR count). The van der Waals surface area contributed by atoms with E-state index in [1.807, 2.05) is 36.4 Å². The number of aromatic amines is 1. The van der Waals surface area contributed by atoms with Gasteiger partial charge < -0.3 is 18.9 Å². The van der Waals surface area contributed by atoms with Crippen LogP contribution >= 0.6 is 0 Å². The Balaban J connectivity index is 1.48. The van der Waals surface area contributed by atoms with Crippen molar-refractivity contribution < 1.29 is 13.9 Å². The van der Waals surface area contributed by atoms with Crippen LogP contribution in [0.15, 0.2) is 51.9 Å². The molecule has 0 saturated carbocycles. The van der Waals surface area contributed by atoms with Gasteiger partial charge in [-0.2, -0.15) is 0 Å². The van der Waals surface area contributed by atoms with E-state index in [9.17, 15) is 4.79 Å². The van der Waals surface area contributed by atoms with Crippen LogP contribution in [0.2, 0.25) is 0 Å². The minimum atomic E-state index is -0.107. The van der Waals surface area contributed by atoms with Gasteiger partial charge in [0.2, 0.25) is 0 Å². The van der Waals surface area contributed by atoms with Gasteiger partial charge in [-0.05, 0) is 66.1 Å². The topological polar surface area (TPSA) is 111 Å². The average molecular weight is 479 g/mol. The van der Waals surface area contributed by atoms with Gasteiger partial charge in [0.25, 0.3) is 5.56 Å². The Morgan fingerprint density at radius 1 is 1.31 bits per heavy atom. The highest BCUT2D eigenvalue weighted by atomic mass is 16.5. The van der Waals surface area contributed by atoms with Gasteiger partial charge in [0.05, 0.1) is 25.5 Å². The van der Waals surface area contributed by atoms with E-state index in [1.165, 1.54) is 0 Å². The van der Waals surface area contributed by atoms with E-state index in [2.05, 4.69) is 32.3 Å². The Labute approximate surface area is 202 Å². The molecular formula is C25H30N6O4. The minimum Gasteiger partial charge on any atom is -0.497 e. The molecule has 4 heterocycles. The molecule has 0 bridgehead atoms. The highest BCUT2D eigenvalue weighted by Gasteiger charge is 2.29. The summed E-state index contributed by atoms with van der Waals surface area (Å²) in [6.07, 6.45) is 4.56. The van der Waals surface area contributed by atoms with Crippen LogP contribution in [0.1, 0.15) is 49.4 Å². The fraction of sp³-hybridized carbons (Fsp3) is 0.440. The van der Waals surface area contributed by atoms with Crippen LogP contribution in [0, 0.1) is 0 Å². The van der Waals surface area contributed by atoms with Crippen molar-refractivity contribution in [1.82, 2.24) is 30.1 Å². The van der Waals surface area contributed by atoms with Crippen molar-refractivity contribution in [2.45, 2.75) is 51.4 Å². The Kier molecular flexibility index (Phi) is 6.91. The molecule has 0 aliphatic carbocycles. The number of methoxy groups -OCH3 is 1. The number of nitrogens with one attached hydrogen (secondary N) is 1. The zero-order valence-electron chi connectivity index (χ0n) is 20.0. The van der Waals surface area contributed by atoms with E-state index in [0.29, 0.717) is 25.2 Å². The van der Waals surface area contributed by atoms with Crippen LogP contribution in [0.25, 0.3) is 10.9 Å². The van der Waals surface area contributed by atoms with Gasteiger partial charge in [0.15, 0.2) is 5.82 Å². The van der Waals surface area contributed by atoms with E-state index in [0.717, 1.165) is 54.1 Å². The lowest BCUT2D eigenvalue weighted by Gasteiger charge is -2.32. The van der Waals surface area contributed by atoms with Crippen LogP contribution < -0.4 is 10.3 Å². The van der Waals surface area contributed by atoms with Crippen molar-refractivity contribution in [3.8, 4) is 5.75 Å². The normalized spacial score (nSPS) is 16.8. The Morgan fingerprint density at radius 3 is 2.97 bits per heavy atom. The number of nitrogens with zero attached hydrogens (tertiary/aromatic N) is 5. The number of tetrazole rings is 1. The minimum absolute atomic E-state index is 0.106. The first-order chi connectivity index (χ1) is 17.1. The molecule has 4 aromatic rings. The standard InChI is InChI=1S/C25H30N6O4/c1-3-23(24-27-28-29-31(24)16-21-7-5-11-35-21)30(15-20-6-4-10-34-20)14-18-12-17-13-19(33-2)8-9-22(17)26-25(18)32/h5,7-9,11-13,20,23H,3-4,6,10,14-16H2,1-2H3,(H,26,32)/t20-,23-/m0/s1. The molecule has 3 aromatic heterocycles. The second-order valence-electron chi connectivity index (χ2n) is 8.84. The van der Waals surface area contributed by atoms with E-state index in [4.69, 9.17) is 13.9 Å². The molecule has 10 nitrogen and oxygen atoms in total. The van der Waals surface area contributed by atoms with Crippen molar-refractivity contribution >= 4 is 10.9 Å². The zero-order valence-corrected chi connectivity index (χ0v) is 20.0. The molecule has 1 aliphatic rings. The second-order valence-corrected chi connectivity index (χ2v) is 8.84. The van der Waals surface area contributed by atoms with Crippen molar-refractivity contribution in [1.29, 1.82) is 0 Å². The molecule has 0 amide bonds. The fourth-order valence-electron chi connectivity index (χ4n) is 4.76. The number of hydrogen-bond acceptors (Lipinski definition) is 8. The van der Waals surface area contributed by atoms with Crippen molar-refractivity contribution in [3.05, 3.63) is 70.2 Å². The van der Waals surface area contributed by atoms with Crippen LogP contribution in [0.4, 0.5) is 0 Å². The third-order valence-electron chi connectivity index (χ3n) is 6.53. The molecule has 35 heavy (non-hydrogen) atoms. The van der Waals surface area contributed by atoms with Crippen LogP contribution in [0.5, 0.6) is 5.75 Å². The molecule has 1 saturated heterocycles. The summed E-state index contributed by atoms with van der Waals surface area (Å²) in [5, 5.41) is 13.5. The highest BCUT2D eigenvalue weighted by molar-refractivity contribution is 5.80. The summed E-state index contributed by atoms with van der Waals surface area (Å²) in [5.74, 6) is 2.26. The number of furan rings is 1. The molecule has 2 atom stereocenters. The van der Waals surface area contributed by atoms with Gasteiger partial charge in [0, 0.05) is 36.2 Å². The lowest BCUT2D eigenvalue weighted by atomic mass is 10.1. The number of fused-ring (bicyclic) bond motifs is 1. The number of pyridine rings is 1. The maximum Gasteiger partial charge on any atom is 0.252 e. The molecular weight excluding hydrogens is 448 g/mol. The largest absolute Gasteiger partial charge is 0.497 e. The SMILES string of the molecule is CC[C@@H](c1nnnn1Cc1ccco1)N(Cc1cc2cc(OC)ccc2[nH]c1=O)C[C@@H]1CCCO1. The Bertz CT molecular complexity index is 1310. The van der Waals surface area contributed by atoms with E-state index in [-0.39, 0.29) is 17.7 Å². The monoisotopic (exact) mass is 478 g/mol. The number of hydrogen-bond donors (Lipinski definition) is 1. The first-order valence-corrected chi connectivity index (χ1v) is 12.0. The predicted molar refractivity (Wildman–Crippen MR) is 129 cm³/mol. The van der Waals surface area contributed by atoms with Crippen molar-refractivity contribution in [2.75, 3.05) is 20.3 Å². The molecule has 1 fully saturated rings. The summed E-state index contributed by atoms with van der Waals surface area (Å²) in [5.41, 5.74) is 1.34. The molecule has 184 valence electrons. The molecule has 1 aliphatic heterocycles. The molecule has 0 spiro atoms. The van der Waals surface area contributed by atoms with Crippen molar-refractivity contribution in [3.63, 3.8) is 0 Å². The zero-order chi connectivity index (χ0) is 24.2. The molecule has 10 heteroatoms. The van der Waals surface area contributed by atoms with E-state index < -0.39 is 0 Å². The fourth-order valence-corrected chi connectivity index (χ4v) is 4.76. The summed E-state index contributed by atoms with van der Waals surface area (Å²) in [6, 6.07) is 11.2. The van der Waals surface area contributed by atoms with Gasteiger partial charge in [-0.25, -0.2) is 4.68 Å². The molecule has 1 aromatic carbocycles. The first-order valence-electron chi connectivity index (χ1n) is 12.0. The van der Waals surface area contributed by atoms with Gasteiger partial charge in [-0.15, -0.1) is 5.10 Å². The third-order valence-corrected chi connectivity index (χ3v) is 6.53. The summed E-state index contributed by atoms with van der Waals surface area (Å²) in [7, 11) is 1.63. The lowest BCUT2D eigenvalue weighted by molar-refractivity contribution is 0.0488. The van der Waals surface area contributed by atoms with Crippen molar-refractivity contribution in [2.24, 2.45) is 0 Å². The quantitative estimate of drug-likeness (QED) is 0.370. The van der Waals surface area contributed by atoms with Crippen LogP contribution in [0.3, 0.4) is 0 Å². The third kappa shape index (κ3) is 5.13. The predicted octanol–water partition coefficient (Wildman–Crippen LogP) is 3.30. The smallest absolute Gasteiger partial charge is 0.252 e. The number of aromatic nitrogens is 5. The average Bonchev–Trinajstić information content (AvgIpc) is 3.65. The lowest BCUT2D eigenvalue weighted by Crippen LogP contribution is -2.37. The van der Waals surface area contributed by atoms with Gasteiger partial charge in [0.1, 0.15) is 18.1 Å². The molecule has 0 radical (unpaired) electrons. The molecule has 1 N–H and O–H groups in total. The Hall–Kier alpha value is -3.50. The highest BCUT2D eigenvalue weighted by Crippen LogP contribution is 2.27. The summed E-state index contributed by atoms with van der Waals surface area (Å²) >= 11 is 0. The number of benzene rings is 1.